The van der Waals surface area contributed by atoms with Crippen LogP contribution in [0.15, 0.2) is 36.5 Å². The number of piperazine rings is 1. The Labute approximate surface area is 211 Å². The lowest BCUT2D eigenvalue weighted by Gasteiger charge is -2.39. The molecule has 200 valence electrons. The first kappa shape index (κ1) is 27.9. The third kappa shape index (κ3) is 7.17. The number of alkyl halides is 3. The summed E-state index contributed by atoms with van der Waals surface area (Å²) in [6.45, 7) is 8.38. The molecule has 8 nitrogen and oxygen atoms in total. The topological polar surface area (TPSA) is 104 Å². The van der Waals surface area contributed by atoms with Crippen LogP contribution in [-0.4, -0.2) is 75.9 Å². The number of ether oxygens (including phenoxy) is 1. The minimum absolute atomic E-state index is 0.138. The van der Waals surface area contributed by atoms with Gasteiger partial charge in [0.2, 0.25) is 5.71 Å². The number of hydrogen-bond acceptors (Lipinski definition) is 4. The predicted octanol–water partition coefficient (Wildman–Crippen LogP) is 3.07. The molecule has 1 fully saturated rings. The van der Waals surface area contributed by atoms with Gasteiger partial charge < -0.3 is 19.5 Å². The molecule has 1 aliphatic rings. The number of allylic oxidation sites excluding steroid dienone is 2. The monoisotopic (exact) mass is 524 g/mol. The van der Waals surface area contributed by atoms with Crippen LogP contribution in [0.3, 0.4) is 0 Å². The molecule has 0 radical (unpaired) electrons. The Bertz CT molecular complexity index is 1180. The van der Waals surface area contributed by atoms with Gasteiger partial charge >= 0.3 is 12.3 Å². The smallest absolute Gasteiger partial charge is 0.420 e. The maximum Gasteiger partial charge on any atom is 0.420 e. The fraction of sp³-hybridized carbons (Fsp3) is 0.440. The SMILES string of the molecule is C[C@H]1CN(C(=O)c2cnc(/C(=C\C(=[NH2+])c3ccc(F)cc3)C(F)(F)F)[nH]2)CCN1C(=O)OCC(C)(C)C. The highest BCUT2D eigenvalue weighted by molar-refractivity contribution is 6.08. The third-order valence-electron chi connectivity index (χ3n) is 5.62. The summed E-state index contributed by atoms with van der Waals surface area (Å²) in [6.07, 6.45) is -3.60. The van der Waals surface area contributed by atoms with Crippen LogP contribution < -0.4 is 5.41 Å². The number of H-pyrrole nitrogens is 1. The molecule has 2 aromatic rings. The lowest BCUT2D eigenvalue weighted by atomic mass is 9.99. The number of imidazole rings is 1. The molecule has 37 heavy (non-hydrogen) atoms. The number of aromatic nitrogens is 2. The molecule has 1 aromatic carbocycles. The highest BCUT2D eigenvalue weighted by Gasteiger charge is 2.38. The molecule has 2 amide bonds. The fourth-order valence-corrected chi connectivity index (χ4v) is 3.68. The molecule has 0 unspecified atom stereocenters. The number of hydrogen-bond donors (Lipinski definition) is 2. The van der Waals surface area contributed by atoms with E-state index in [9.17, 15) is 27.2 Å². The maximum absolute atomic E-state index is 13.8. The van der Waals surface area contributed by atoms with Crippen LogP contribution >= 0.6 is 0 Å². The number of benzene rings is 1. The van der Waals surface area contributed by atoms with E-state index in [0.29, 0.717) is 6.08 Å². The van der Waals surface area contributed by atoms with Crippen LogP contribution in [0.2, 0.25) is 0 Å². The van der Waals surface area contributed by atoms with Gasteiger partial charge in [-0.05, 0) is 36.6 Å². The van der Waals surface area contributed by atoms with E-state index in [1.807, 2.05) is 20.8 Å². The zero-order valence-corrected chi connectivity index (χ0v) is 21.0. The highest BCUT2D eigenvalue weighted by atomic mass is 19.4. The van der Waals surface area contributed by atoms with Crippen molar-refractivity contribution in [1.82, 2.24) is 19.8 Å². The highest BCUT2D eigenvalue weighted by Crippen LogP contribution is 2.32. The van der Waals surface area contributed by atoms with Crippen LogP contribution in [0.4, 0.5) is 22.4 Å². The largest absolute Gasteiger partial charge is 0.449 e. The van der Waals surface area contributed by atoms with Gasteiger partial charge in [-0.25, -0.2) is 14.2 Å². The number of rotatable bonds is 5. The Balaban J connectivity index is 1.73. The van der Waals surface area contributed by atoms with Crippen LogP contribution in [-0.2, 0) is 4.74 Å². The standard InChI is InChI=1S/C25H29F4N5O3/c1-15-13-33(9-10-34(15)23(36)37-14-24(2,3)4)22(35)20-12-31-21(32-20)18(25(27,28)29)11-19(30)16-5-7-17(26)8-6-16/h5-8,11-12,15,30H,9-10,13-14H2,1-4H3,(H,31,32)/p+1/b18-11+,30-19?/t15-/m0/s1. The second-order valence-corrected chi connectivity index (χ2v) is 10.1. The van der Waals surface area contributed by atoms with Gasteiger partial charge in [-0.15, -0.1) is 0 Å². The van der Waals surface area contributed by atoms with Gasteiger partial charge in [0.15, 0.2) is 0 Å². The summed E-state index contributed by atoms with van der Waals surface area (Å²) < 4.78 is 59.9. The number of amides is 2. The predicted molar refractivity (Wildman–Crippen MR) is 128 cm³/mol. The van der Waals surface area contributed by atoms with Crippen LogP contribution in [0.1, 0.15) is 49.6 Å². The van der Waals surface area contributed by atoms with Crippen molar-refractivity contribution in [1.29, 1.82) is 0 Å². The van der Waals surface area contributed by atoms with E-state index in [1.54, 1.807) is 6.92 Å². The van der Waals surface area contributed by atoms with Gasteiger partial charge in [0.1, 0.15) is 22.9 Å². The van der Waals surface area contributed by atoms with Crippen LogP contribution in [0.25, 0.3) is 5.57 Å². The second-order valence-electron chi connectivity index (χ2n) is 10.1. The van der Waals surface area contributed by atoms with E-state index in [-0.39, 0.29) is 54.7 Å². The first-order valence-corrected chi connectivity index (χ1v) is 11.6. The molecule has 0 bridgehead atoms. The normalized spacial score (nSPS) is 17.1. The summed E-state index contributed by atoms with van der Waals surface area (Å²) in [5.41, 5.74) is -1.58. The number of carbonyl (C=O) groups is 2. The third-order valence-corrected chi connectivity index (χ3v) is 5.62. The molecule has 1 aliphatic heterocycles. The van der Waals surface area contributed by atoms with Gasteiger partial charge in [-0.1, -0.05) is 20.8 Å². The number of aromatic amines is 1. The van der Waals surface area contributed by atoms with Crippen molar-refractivity contribution in [2.45, 2.75) is 39.9 Å². The lowest BCUT2D eigenvalue weighted by molar-refractivity contribution is -0.111. The first-order chi connectivity index (χ1) is 17.2. The van der Waals surface area contributed by atoms with E-state index < -0.39 is 35.4 Å². The fourth-order valence-electron chi connectivity index (χ4n) is 3.68. The van der Waals surface area contributed by atoms with Gasteiger partial charge in [0.05, 0.1) is 12.8 Å². The molecule has 1 atom stereocenters. The molecule has 1 aromatic heterocycles. The molecular weight excluding hydrogens is 494 g/mol. The lowest BCUT2D eigenvalue weighted by Crippen LogP contribution is -2.55. The Morgan fingerprint density at radius 3 is 2.41 bits per heavy atom. The molecule has 12 heteroatoms. The first-order valence-electron chi connectivity index (χ1n) is 11.6. The quantitative estimate of drug-likeness (QED) is 0.464. The number of halogens is 4. The molecule has 1 saturated heterocycles. The van der Waals surface area contributed by atoms with Crippen molar-refractivity contribution in [3.8, 4) is 0 Å². The van der Waals surface area contributed by atoms with Crippen molar-refractivity contribution in [2.75, 3.05) is 26.2 Å². The molecular formula is C25H30F4N5O3+. The summed E-state index contributed by atoms with van der Waals surface area (Å²) in [7, 11) is 0. The molecule has 3 rings (SSSR count). The van der Waals surface area contributed by atoms with Gasteiger partial charge in [-0.2, -0.15) is 13.2 Å². The molecule has 3 N–H and O–H groups in total. The Hall–Kier alpha value is -3.70. The van der Waals surface area contributed by atoms with Crippen molar-refractivity contribution >= 4 is 23.3 Å². The Kier molecular flexibility index (Phi) is 8.09. The van der Waals surface area contributed by atoms with Crippen LogP contribution in [0, 0.1) is 11.2 Å². The zero-order valence-electron chi connectivity index (χ0n) is 21.0. The second kappa shape index (κ2) is 10.7. The summed E-state index contributed by atoms with van der Waals surface area (Å²) in [5.74, 6) is -1.69. The number of nitrogens with zero attached hydrogens (tertiary/aromatic N) is 3. The Morgan fingerprint density at radius 2 is 1.84 bits per heavy atom. The summed E-state index contributed by atoms with van der Waals surface area (Å²) >= 11 is 0. The number of nitrogens with one attached hydrogen (secondary N) is 1. The van der Waals surface area contributed by atoms with Crippen molar-refractivity contribution in [2.24, 2.45) is 5.41 Å². The minimum atomic E-state index is -4.84. The average Bonchev–Trinajstić information content (AvgIpc) is 3.29. The Morgan fingerprint density at radius 1 is 1.19 bits per heavy atom. The van der Waals surface area contributed by atoms with E-state index >= 15 is 0 Å². The van der Waals surface area contributed by atoms with E-state index in [0.717, 1.165) is 18.3 Å². The van der Waals surface area contributed by atoms with Crippen molar-refractivity contribution in [3.63, 3.8) is 0 Å². The van der Waals surface area contributed by atoms with Gasteiger partial charge in [0.25, 0.3) is 5.91 Å². The van der Waals surface area contributed by atoms with Gasteiger partial charge in [-0.3, -0.25) is 10.2 Å². The summed E-state index contributed by atoms with van der Waals surface area (Å²) in [6, 6.07) is 4.32. The molecule has 0 aliphatic carbocycles. The zero-order chi connectivity index (χ0) is 27.5. The summed E-state index contributed by atoms with van der Waals surface area (Å²) in [4.78, 5) is 34.6. The van der Waals surface area contributed by atoms with E-state index in [4.69, 9.17) is 10.1 Å². The minimum Gasteiger partial charge on any atom is -0.449 e. The maximum atomic E-state index is 13.8. The molecule has 0 saturated carbocycles. The average molecular weight is 525 g/mol. The van der Waals surface area contributed by atoms with Crippen molar-refractivity contribution < 1.29 is 37.3 Å². The van der Waals surface area contributed by atoms with Gasteiger partial charge in [0, 0.05) is 37.3 Å². The molecule has 0 spiro atoms. The molecule has 2 heterocycles. The van der Waals surface area contributed by atoms with E-state index in [2.05, 4.69) is 9.97 Å². The number of carbonyl (C=O) groups excluding carboxylic acids is 2. The van der Waals surface area contributed by atoms with Crippen LogP contribution in [0.5, 0.6) is 0 Å². The van der Waals surface area contributed by atoms with Crippen molar-refractivity contribution in [3.05, 3.63) is 59.4 Å². The number of nitrogens with two attached hydrogens (primary N) is 1. The summed E-state index contributed by atoms with van der Waals surface area (Å²) in [5, 5.41) is 5.82. The van der Waals surface area contributed by atoms with E-state index in [1.165, 1.54) is 21.9 Å².